The topological polar surface area (TPSA) is 163 Å². The molecule has 228 valence electrons. The second-order valence-corrected chi connectivity index (χ2v) is 10.8. The minimum Gasteiger partial charge on any atom is -0.374 e. The van der Waals surface area contributed by atoms with Crippen molar-refractivity contribution < 1.29 is 28.3 Å². The minimum absolute atomic E-state index is 0.00600. The fourth-order valence-corrected chi connectivity index (χ4v) is 4.20. The average Bonchev–Trinajstić information content (AvgIpc) is 3.50. The van der Waals surface area contributed by atoms with Crippen molar-refractivity contribution in [1.29, 1.82) is 0 Å². The predicted molar refractivity (Wildman–Crippen MR) is 155 cm³/mol. The van der Waals surface area contributed by atoms with E-state index in [0.717, 1.165) is 5.56 Å². The van der Waals surface area contributed by atoms with Gasteiger partial charge in [-0.25, -0.2) is 4.39 Å². The fourth-order valence-electron chi connectivity index (χ4n) is 4.20. The first-order valence-corrected chi connectivity index (χ1v) is 13.8. The van der Waals surface area contributed by atoms with Crippen molar-refractivity contribution in [3.05, 3.63) is 90.3 Å². The SMILES string of the molecule is CC(C)(N)C(=O)N[C@H](COCc1ccccc1)C(N)=O.O=C(c1ccc(F)cc1)C1CCN(C(=O)Cn2c#cnc2)CC1. The highest BCUT2D eigenvalue weighted by Crippen LogP contribution is 2.22. The number of likely N-dealkylation sites (tertiary alicyclic amines) is 1. The standard InChI is InChI=1S/C17H16FN3O2.C14H21N3O3/c18-15-3-1-13(2-4-15)17(23)14-5-8-21(9-6-14)16(22)11-20-10-7-19-12-20;1-14(2,16)13(19)17-11(12(15)18)9-20-8-10-6-4-3-5-7-10/h1-4,12,14H,5-6,8-9,11H2;3-7,11H,8-9,16H2,1-2H3,(H2,15,18)(H,17,19)/t;11-/m.1/s1. The number of hydrogen-bond donors (Lipinski definition) is 3. The summed E-state index contributed by atoms with van der Waals surface area (Å²) >= 11 is 0. The second kappa shape index (κ2) is 15.6. The van der Waals surface area contributed by atoms with E-state index in [-0.39, 0.29) is 36.6 Å². The maximum atomic E-state index is 12.9. The van der Waals surface area contributed by atoms with Gasteiger partial charge >= 0.3 is 0 Å². The summed E-state index contributed by atoms with van der Waals surface area (Å²) in [6.45, 7) is 4.73. The molecule has 5 N–H and O–H groups in total. The average molecular weight is 593 g/mol. The van der Waals surface area contributed by atoms with E-state index in [0.29, 0.717) is 38.1 Å². The molecule has 4 rings (SSSR count). The minimum atomic E-state index is -1.08. The van der Waals surface area contributed by atoms with Crippen LogP contribution in [0.5, 0.6) is 0 Å². The molecule has 1 atom stereocenters. The molecule has 12 heteroatoms. The van der Waals surface area contributed by atoms with Crippen LogP contribution in [0.4, 0.5) is 4.39 Å². The van der Waals surface area contributed by atoms with Crippen molar-refractivity contribution in [2.24, 2.45) is 17.4 Å². The predicted octanol–water partition coefficient (Wildman–Crippen LogP) is 1.65. The number of nitrogens with one attached hydrogen (secondary N) is 1. The molecule has 0 spiro atoms. The van der Waals surface area contributed by atoms with Crippen LogP contribution in [-0.4, -0.2) is 69.2 Å². The van der Waals surface area contributed by atoms with Crippen LogP contribution < -0.4 is 16.8 Å². The van der Waals surface area contributed by atoms with E-state index in [2.05, 4.69) is 22.7 Å². The van der Waals surface area contributed by atoms with Crippen LogP contribution >= 0.6 is 0 Å². The van der Waals surface area contributed by atoms with Crippen molar-refractivity contribution in [3.63, 3.8) is 0 Å². The molecule has 2 aromatic carbocycles. The van der Waals surface area contributed by atoms with E-state index in [9.17, 15) is 23.6 Å². The molecule has 11 nitrogen and oxygen atoms in total. The summed E-state index contributed by atoms with van der Waals surface area (Å²) in [4.78, 5) is 53.1. The number of carbonyl (C=O) groups is 4. The quantitative estimate of drug-likeness (QED) is 0.285. The molecule has 3 amide bonds. The maximum absolute atomic E-state index is 12.9. The Morgan fingerprint density at radius 2 is 1.74 bits per heavy atom. The number of halogens is 1. The molecule has 1 fully saturated rings. The molecule has 0 aliphatic carbocycles. The number of nitrogens with zero attached hydrogens (tertiary/aromatic N) is 3. The zero-order valence-electron chi connectivity index (χ0n) is 24.3. The number of rotatable bonds is 11. The molecule has 0 radical (unpaired) electrons. The Bertz CT molecular complexity index is 1340. The van der Waals surface area contributed by atoms with E-state index in [1.165, 1.54) is 30.6 Å². The number of Topliss-reactive ketones (excluding diaryl/α,β-unsaturated/α-hetero) is 1. The lowest BCUT2D eigenvalue weighted by Crippen LogP contribution is -2.56. The first-order valence-electron chi connectivity index (χ1n) is 13.8. The van der Waals surface area contributed by atoms with Gasteiger partial charge < -0.3 is 26.4 Å². The normalized spacial score (nSPS) is 14.1. The number of ether oxygens (including phenoxy) is 1. The third-order valence-electron chi connectivity index (χ3n) is 6.74. The van der Waals surface area contributed by atoms with Crippen LogP contribution in [0.2, 0.25) is 0 Å². The van der Waals surface area contributed by atoms with E-state index < -0.39 is 23.4 Å². The Labute approximate surface area is 250 Å². The van der Waals surface area contributed by atoms with Gasteiger partial charge in [-0.2, -0.15) is 4.98 Å². The van der Waals surface area contributed by atoms with Crippen LogP contribution in [0, 0.1) is 24.1 Å². The smallest absolute Gasteiger partial charge is 0.243 e. The molecule has 3 aromatic rings. The number of amides is 3. The zero-order chi connectivity index (χ0) is 31.4. The van der Waals surface area contributed by atoms with E-state index in [1.807, 2.05) is 30.3 Å². The van der Waals surface area contributed by atoms with Gasteiger partial charge in [0.1, 0.15) is 24.7 Å². The van der Waals surface area contributed by atoms with Gasteiger partial charge in [-0.1, -0.05) is 30.3 Å². The Morgan fingerprint density at radius 1 is 1.09 bits per heavy atom. The lowest BCUT2D eigenvalue weighted by atomic mass is 9.89. The summed E-state index contributed by atoms with van der Waals surface area (Å²) in [5, 5.41) is 2.48. The second-order valence-electron chi connectivity index (χ2n) is 10.8. The van der Waals surface area contributed by atoms with Gasteiger partial charge in [0.15, 0.2) is 5.78 Å². The molecule has 0 unspecified atom stereocenters. The molecule has 1 aliphatic heterocycles. The lowest BCUT2D eigenvalue weighted by Gasteiger charge is -2.31. The van der Waals surface area contributed by atoms with Crippen LogP contribution in [-0.2, 0) is 32.3 Å². The Kier molecular flexibility index (Phi) is 11.9. The fraction of sp³-hybridized carbons (Fsp3) is 0.387. The number of aromatic nitrogens is 2. The Morgan fingerprint density at radius 3 is 2.30 bits per heavy atom. The molecule has 1 aliphatic rings. The highest BCUT2D eigenvalue weighted by Gasteiger charge is 2.28. The number of hydrogen-bond acceptors (Lipinski definition) is 7. The van der Waals surface area contributed by atoms with Crippen LogP contribution in [0.1, 0.15) is 42.6 Å². The molecule has 1 aromatic heterocycles. The summed E-state index contributed by atoms with van der Waals surface area (Å²) in [5.41, 5.74) is 11.3. The first kappa shape index (κ1) is 32.9. The first-order chi connectivity index (χ1) is 20.4. The van der Waals surface area contributed by atoms with E-state index >= 15 is 0 Å². The third-order valence-corrected chi connectivity index (χ3v) is 6.74. The van der Waals surface area contributed by atoms with Gasteiger partial charge in [-0.05, 0) is 56.5 Å². The maximum Gasteiger partial charge on any atom is 0.243 e. The molecular formula is C31H37FN6O5. The van der Waals surface area contributed by atoms with Crippen molar-refractivity contribution >= 4 is 23.5 Å². The number of nitrogens with two attached hydrogens (primary N) is 2. The summed E-state index contributed by atoms with van der Waals surface area (Å²) < 4.78 is 19.9. The van der Waals surface area contributed by atoms with Gasteiger partial charge in [-0.15, -0.1) is 0 Å². The van der Waals surface area contributed by atoms with Gasteiger partial charge in [0, 0.05) is 30.8 Å². The van der Waals surface area contributed by atoms with E-state index in [1.54, 1.807) is 23.3 Å². The lowest BCUT2D eigenvalue weighted by molar-refractivity contribution is -0.133. The summed E-state index contributed by atoms with van der Waals surface area (Å²) in [7, 11) is 0. The Balaban J connectivity index is 0.000000238. The third kappa shape index (κ3) is 10.6. The van der Waals surface area contributed by atoms with Crippen molar-refractivity contribution in [2.45, 2.75) is 51.4 Å². The molecule has 1 saturated heterocycles. The number of carbonyl (C=O) groups excluding carboxylic acids is 4. The number of benzene rings is 2. The van der Waals surface area contributed by atoms with Gasteiger partial charge in [0.25, 0.3) is 0 Å². The number of ketones is 1. The van der Waals surface area contributed by atoms with Gasteiger partial charge in [-0.3, -0.25) is 23.7 Å². The largest absolute Gasteiger partial charge is 0.374 e. The monoisotopic (exact) mass is 592 g/mol. The molecular weight excluding hydrogens is 555 g/mol. The number of piperidine rings is 1. The van der Waals surface area contributed by atoms with Crippen LogP contribution in [0.15, 0.2) is 60.9 Å². The summed E-state index contributed by atoms with van der Waals surface area (Å²) in [6.07, 6.45) is 7.99. The molecule has 43 heavy (non-hydrogen) atoms. The van der Waals surface area contributed by atoms with Gasteiger partial charge in [0.2, 0.25) is 17.7 Å². The highest BCUT2D eigenvalue weighted by atomic mass is 19.1. The van der Waals surface area contributed by atoms with Crippen molar-refractivity contribution in [3.8, 4) is 0 Å². The molecule has 0 bridgehead atoms. The highest BCUT2D eigenvalue weighted by molar-refractivity contribution is 5.98. The summed E-state index contributed by atoms with van der Waals surface area (Å²) in [5.74, 6) is -1.57. The number of primary amides is 1. The van der Waals surface area contributed by atoms with Gasteiger partial charge in [0.05, 0.1) is 24.9 Å². The van der Waals surface area contributed by atoms with Crippen molar-refractivity contribution in [2.75, 3.05) is 19.7 Å². The summed E-state index contributed by atoms with van der Waals surface area (Å²) in [6, 6.07) is 14.2. The van der Waals surface area contributed by atoms with E-state index in [4.69, 9.17) is 16.2 Å². The van der Waals surface area contributed by atoms with Crippen LogP contribution in [0.25, 0.3) is 0 Å². The Hall–Kier alpha value is -4.60. The molecule has 2 heterocycles. The van der Waals surface area contributed by atoms with Crippen molar-refractivity contribution in [1.82, 2.24) is 19.8 Å². The zero-order valence-corrected chi connectivity index (χ0v) is 24.3. The molecule has 0 saturated carbocycles. The van der Waals surface area contributed by atoms with Crippen LogP contribution in [0.3, 0.4) is 0 Å².